The number of hydrogen-bond donors (Lipinski definition) is 2. The topological polar surface area (TPSA) is 101 Å². The van der Waals surface area contributed by atoms with Gasteiger partial charge < -0.3 is 10.3 Å². The van der Waals surface area contributed by atoms with Crippen LogP contribution in [-0.2, 0) is 43.8 Å². The van der Waals surface area contributed by atoms with Gasteiger partial charge in [0.25, 0.3) is 11.1 Å². The maximum atomic E-state index is 9.00. The predicted molar refractivity (Wildman–Crippen MR) is 22.1 cm³/mol. The van der Waals surface area contributed by atoms with Crippen molar-refractivity contribution in [1.82, 2.24) is 0 Å². The molecule has 0 aliphatic carbocycles. The van der Waals surface area contributed by atoms with Crippen LogP contribution in [0.15, 0.2) is 0 Å². The second-order valence-corrected chi connectivity index (χ2v) is 0.757. The van der Waals surface area contributed by atoms with E-state index in [-0.39, 0.29) is 39.0 Å². The van der Waals surface area contributed by atoms with E-state index in [1.54, 1.807) is 0 Å². The molecule has 0 bridgehead atoms. The molecule has 0 saturated carbocycles. The van der Waals surface area contributed by atoms with Crippen molar-refractivity contribution in [1.29, 1.82) is 0 Å². The fraction of sp³-hybridized carbons (Fsp3) is 0.500. The fourth-order valence-electron chi connectivity index (χ4n) is 0. The van der Waals surface area contributed by atoms with Crippen molar-refractivity contribution in [2.24, 2.45) is 0 Å². The minimum absolute atomic E-state index is 0. The zero-order valence-corrected chi connectivity index (χ0v) is 11.4. The van der Waals surface area contributed by atoms with Gasteiger partial charge in [0.05, 0.1) is 0 Å². The number of hydrogen-bond acceptors (Lipinski definition) is 3. The normalized spacial score (nSPS) is 4.90. The average molecular weight is 254 g/mol. The standard InChI is InChI=1S/C2H4O2.HNO3.2Zn/c1-2(3)4;2-1(3)4;;/h1H3,(H,3,4);(H,2,3,4);;/q;;2*+2. The number of carbonyl (C=O) groups is 1. The molecule has 0 radical (unpaired) electrons. The Balaban J connectivity index is -0.0000000300. The minimum Gasteiger partial charge on any atom is -0.481 e. The summed E-state index contributed by atoms with van der Waals surface area (Å²) in [6.45, 7) is 1.08. The van der Waals surface area contributed by atoms with E-state index >= 15 is 0 Å². The molecule has 10 heavy (non-hydrogen) atoms. The molecule has 0 heterocycles. The Hall–Kier alpha value is -0.0832. The fourth-order valence-corrected chi connectivity index (χ4v) is 0. The monoisotopic (exact) mass is 251 g/mol. The van der Waals surface area contributed by atoms with Gasteiger partial charge in [-0.1, -0.05) is 0 Å². The first-order valence-corrected chi connectivity index (χ1v) is 1.49. The quantitative estimate of drug-likeness (QED) is 0.352. The van der Waals surface area contributed by atoms with E-state index in [0.29, 0.717) is 0 Å². The second kappa shape index (κ2) is 16.0. The van der Waals surface area contributed by atoms with E-state index < -0.39 is 11.1 Å². The van der Waals surface area contributed by atoms with Crippen molar-refractivity contribution in [3.05, 3.63) is 10.1 Å². The Morgan fingerprint density at radius 2 is 1.50 bits per heavy atom. The van der Waals surface area contributed by atoms with Gasteiger partial charge in [0.1, 0.15) is 0 Å². The summed E-state index contributed by atoms with van der Waals surface area (Å²) >= 11 is 0. The third kappa shape index (κ3) is 54700. The van der Waals surface area contributed by atoms with Gasteiger partial charge in [0, 0.05) is 6.92 Å². The smallest absolute Gasteiger partial charge is 0.481 e. The van der Waals surface area contributed by atoms with Crippen molar-refractivity contribution in [2.75, 3.05) is 0 Å². The molecule has 48 valence electrons. The second-order valence-electron chi connectivity index (χ2n) is 0.757. The molecule has 0 unspecified atom stereocenters. The summed E-state index contributed by atoms with van der Waals surface area (Å²) in [4.78, 5) is 17.4. The number of rotatable bonds is 0. The van der Waals surface area contributed by atoms with Crippen molar-refractivity contribution in [3.8, 4) is 0 Å². The van der Waals surface area contributed by atoms with Crippen LogP contribution < -0.4 is 0 Å². The maximum absolute atomic E-state index is 9.00. The molecule has 0 amide bonds. The largest absolute Gasteiger partial charge is 2.00 e. The van der Waals surface area contributed by atoms with E-state index in [1.165, 1.54) is 0 Å². The summed E-state index contributed by atoms with van der Waals surface area (Å²) in [5, 5.41) is 21.1. The first-order chi connectivity index (χ1) is 3.46. The molecule has 0 saturated heterocycles. The molecule has 0 atom stereocenters. The van der Waals surface area contributed by atoms with Gasteiger partial charge in [-0.2, -0.15) is 0 Å². The van der Waals surface area contributed by atoms with Crippen LogP contribution in [0.1, 0.15) is 6.92 Å². The summed E-state index contributed by atoms with van der Waals surface area (Å²) < 4.78 is 0. The molecule has 0 spiro atoms. The van der Waals surface area contributed by atoms with Gasteiger partial charge in [0.15, 0.2) is 0 Å². The molecule has 0 aromatic carbocycles. The zero-order chi connectivity index (χ0) is 7.15. The van der Waals surface area contributed by atoms with Crippen LogP contribution in [0.25, 0.3) is 0 Å². The van der Waals surface area contributed by atoms with Gasteiger partial charge in [-0.25, -0.2) is 0 Å². The average Bonchev–Trinajstić information content (AvgIpc) is 1.25. The number of carboxylic acid groups (broad SMARTS) is 1. The predicted octanol–water partition coefficient (Wildman–Crippen LogP) is -0.262. The molecular weight excluding hydrogens is 249 g/mol. The van der Waals surface area contributed by atoms with Crippen molar-refractivity contribution < 1.29 is 59.2 Å². The number of aliphatic carboxylic acids is 1. The number of nitrogens with zero attached hydrogens (tertiary/aromatic N) is 1. The van der Waals surface area contributed by atoms with Gasteiger partial charge in [-0.15, -0.1) is 10.1 Å². The molecular formula is C2H5NO5Zn2+4. The molecule has 8 heteroatoms. The van der Waals surface area contributed by atoms with Gasteiger partial charge in [-0.3, -0.25) is 4.79 Å². The van der Waals surface area contributed by atoms with Crippen LogP contribution in [0.2, 0.25) is 0 Å². The summed E-state index contributed by atoms with van der Waals surface area (Å²) in [6.07, 6.45) is 0. The molecule has 0 aromatic rings. The molecule has 0 aliphatic rings. The van der Waals surface area contributed by atoms with E-state index in [2.05, 4.69) is 0 Å². The van der Waals surface area contributed by atoms with E-state index in [9.17, 15) is 0 Å². The Kier molecular flexibility index (Phi) is 36.0. The summed E-state index contributed by atoms with van der Waals surface area (Å²) in [5.41, 5.74) is 0. The molecule has 0 aliphatic heterocycles. The van der Waals surface area contributed by atoms with Crippen LogP contribution >= 0.6 is 0 Å². The van der Waals surface area contributed by atoms with E-state index in [1.807, 2.05) is 0 Å². The SMILES string of the molecule is CC(=O)O.O=[N+]([O-])O.[Zn+2].[Zn+2]. The first-order valence-electron chi connectivity index (χ1n) is 1.49. The van der Waals surface area contributed by atoms with Crippen LogP contribution in [0.5, 0.6) is 0 Å². The van der Waals surface area contributed by atoms with Crippen LogP contribution in [-0.4, -0.2) is 21.4 Å². The molecule has 0 rings (SSSR count). The molecule has 2 N–H and O–H groups in total. The zero-order valence-electron chi connectivity index (χ0n) is 5.48. The Bertz CT molecular complexity index is 75.6. The van der Waals surface area contributed by atoms with Crippen LogP contribution in [0.4, 0.5) is 0 Å². The Labute approximate surface area is 82.2 Å². The van der Waals surface area contributed by atoms with Crippen molar-refractivity contribution in [2.45, 2.75) is 6.92 Å². The first kappa shape index (κ1) is 22.5. The third-order valence-corrected chi connectivity index (χ3v) is 0. The molecule has 6 nitrogen and oxygen atoms in total. The summed E-state index contributed by atoms with van der Waals surface area (Å²) in [6, 6.07) is 0. The van der Waals surface area contributed by atoms with E-state index in [4.69, 9.17) is 25.2 Å². The summed E-state index contributed by atoms with van der Waals surface area (Å²) in [5.74, 6) is -0.833. The van der Waals surface area contributed by atoms with Crippen molar-refractivity contribution >= 4 is 5.97 Å². The maximum Gasteiger partial charge on any atom is 2.00 e. The van der Waals surface area contributed by atoms with Crippen LogP contribution in [0.3, 0.4) is 0 Å². The number of carboxylic acids is 1. The third-order valence-electron chi connectivity index (χ3n) is 0. The van der Waals surface area contributed by atoms with Gasteiger partial charge in [0.2, 0.25) is 0 Å². The van der Waals surface area contributed by atoms with E-state index in [0.717, 1.165) is 6.92 Å². The molecule has 0 fully saturated rings. The van der Waals surface area contributed by atoms with Crippen LogP contribution in [0, 0.1) is 10.1 Å². The molecule has 0 aromatic heterocycles. The Morgan fingerprint density at radius 1 is 1.50 bits per heavy atom. The Morgan fingerprint density at radius 3 is 1.50 bits per heavy atom. The van der Waals surface area contributed by atoms with Crippen molar-refractivity contribution in [3.63, 3.8) is 0 Å². The van der Waals surface area contributed by atoms with Gasteiger partial charge >= 0.3 is 39.0 Å². The van der Waals surface area contributed by atoms with Gasteiger partial charge in [-0.05, 0) is 0 Å². The summed E-state index contributed by atoms with van der Waals surface area (Å²) in [7, 11) is 0. The minimum atomic E-state index is -1.50.